The molecule has 2 rings (SSSR count). The fourth-order valence-corrected chi connectivity index (χ4v) is 3.24. The van der Waals surface area contributed by atoms with Crippen LogP contribution in [0.5, 0.6) is 0 Å². The van der Waals surface area contributed by atoms with Crippen molar-refractivity contribution in [3.05, 3.63) is 50.9 Å². The molecule has 4 nitrogen and oxygen atoms in total. The minimum Gasteiger partial charge on any atom is -0.350 e. The molecule has 0 aliphatic carbocycles. The lowest BCUT2D eigenvalue weighted by Gasteiger charge is -2.23. The van der Waals surface area contributed by atoms with E-state index in [9.17, 15) is 4.79 Å². The van der Waals surface area contributed by atoms with Crippen LogP contribution in [0.3, 0.4) is 0 Å². The highest BCUT2D eigenvalue weighted by molar-refractivity contribution is 7.10. The number of aromatic nitrogens is 1. The second-order valence-corrected chi connectivity index (χ2v) is 6.39. The zero-order chi connectivity index (χ0) is 15.4. The van der Waals surface area contributed by atoms with Gasteiger partial charge in [0.05, 0.1) is 6.04 Å². The van der Waals surface area contributed by atoms with E-state index in [1.54, 1.807) is 23.5 Å². The first-order valence-corrected chi connectivity index (χ1v) is 7.85. The average Bonchev–Trinajstić information content (AvgIpc) is 2.91. The van der Waals surface area contributed by atoms with Gasteiger partial charge in [0.2, 0.25) is 0 Å². The van der Waals surface area contributed by atoms with Gasteiger partial charge in [-0.2, -0.15) is 0 Å². The van der Waals surface area contributed by atoms with E-state index in [2.05, 4.69) is 21.3 Å². The minimum absolute atomic E-state index is 0.134. The topological polar surface area (TPSA) is 45.2 Å². The van der Waals surface area contributed by atoms with Gasteiger partial charge in [-0.25, -0.2) is 4.98 Å². The molecule has 21 heavy (non-hydrogen) atoms. The van der Waals surface area contributed by atoms with Gasteiger partial charge in [0.25, 0.3) is 5.91 Å². The summed E-state index contributed by atoms with van der Waals surface area (Å²) >= 11 is 7.58. The Morgan fingerprint density at radius 3 is 2.81 bits per heavy atom. The summed E-state index contributed by atoms with van der Waals surface area (Å²) in [5.74, 6) is -0.134. The monoisotopic (exact) mass is 323 g/mol. The van der Waals surface area contributed by atoms with E-state index < -0.39 is 0 Å². The quantitative estimate of drug-likeness (QED) is 0.860. The molecule has 1 atom stereocenters. The van der Waals surface area contributed by atoms with E-state index >= 15 is 0 Å². The Morgan fingerprint density at radius 2 is 2.24 bits per heavy atom. The predicted molar refractivity (Wildman–Crippen MR) is 87.1 cm³/mol. The van der Waals surface area contributed by atoms with Gasteiger partial charge in [0.15, 0.2) is 0 Å². The summed E-state index contributed by atoms with van der Waals surface area (Å²) in [5.41, 5.74) is 1.27. The Balaban J connectivity index is 2.05. The number of nitrogens with one attached hydrogen (secondary N) is 1. The van der Waals surface area contributed by atoms with Gasteiger partial charge in [-0.1, -0.05) is 17.7 Å². The smallest absolute Gasteiger partial charge is 0.251 e. The summed E-state index contributed by atoms with van der Waals surface area (Å²) in [6.45, 7) is 2.36. The van der Waals surface area contributed by atoms with E-state index in [0.717, 1.165) is 5.69 Å². The SMILES string of the molecule is Cc1cc(C(=O)NCC(c2cccs2)N(C)C)cc(Cl)n1. The predicted octanol–water partition coefficient (Wildman–Crippen LogP) is 3.14. The van der Waals surface area contributed by atoms with Crippen LogP contribution in [-0.2, 0) is 0 Å². The molecule has 1 unspecified atom stereocenters. The number of carbonyl (C=O) groups excluding carboxylic acids is 1. The Morgan fingerprint density at radius 1 is 1.48 bits per heavy atom. The first-order valence-electron chi connectivity index (χ1n) is 6.59. The molecule has 2 heterocycles. The molecular formula is C15H18ClN3OS. The summed E-state index contributed by atoms with van der Waals surface area (Å²) < 4.78 is 0. The Hall–Kier alpha value is -1.43. The van der Waals surface area contributed by atoms with Crippen LogP contribution in [0.25, 0.3) is 0 Å². The highest BCUT2D eigenvalue weighted by Crippen LogP contribution is 2.22. The number of thiophene rings is 1. The second-order valence-electron chi connectivity index (χ2n) is 5.02. The average molecular weight is 324 g/mol. The summed E-state index contributed by atoms with van der Waals surface area (Å²) in [6.07, 6.45) is 0. The van der Waals surface area contributed by atoms with E-state index in [1.165, 1.54) is 4.88 Å². The number of halogens is 1. The van der Waals surface area contributed by atoms with E-state index in [4.69, 9.17) is 11.6 Å². The highest BCUT2D eigenvalue weighted by atomic mass is 35.5. The Bertz CT molecular complexity index is 593. The van der Waals surface area contributed by atoms with Crippen LogP contribution in [0, 0.1) is 6.92 Å². The van der Waals surface area contributed by atoms with Crippen molar-refractivity contribution < 1.29 is 4.79 Å². The van der Waals surface area contributed by atoms with Crippen molar-refractivity contribution in [2.24, 2.45) is 0 Å². The van der Waals surface area contributed by atoms with Crippen LogP contribution < -0.4 is 5.32 Å². The maximum Gasteiger partial charge on any atom is 0.251 e. The molecule has 0 saturated carbocycles. The molecule has 2 aromatic heterocycles. The van der Waals surface area contributed by atoms with Crippen LogP contribution in [0.1, 0.15) is 27.0 Å². The Labute approximate surface area is 133 Å². The molecule has 0 bridgehead atoms. The number of aryl methyl sites for hydroxylation is 1. The number of nitrogens with zero attached hydrogens (tertiary/aromatic N) is 2. The summed E-state index contributed by atoms with van der Waals surface area (Å²) in [6, 6.07) is 7.57. The van der Waals surface area contributed by atoms with Crippen LogP contribution in [-0.4, -0.2) is 36.4 Å². The molecular weight excluding hydrogens is 306 g/mol. The largest absolute Gasteiger partial charge is 0.350 e. The van der Waals surface area contributed by atoms with Gasteiger partial charge in [-0.05, 0) is 44.6 Å². The fraction of sp³-hybridized carbons (Fsp3) is 0.333. The molecule has 0 saturated heterocycles. The number of hydrogen-bond acceptors (Lipinski definition) is 4. The summed E-state index contributed by atoms with van der Waals surface area (Å²) in [4.78, 5) is 19.6. The number of rotatable bonds is 5. The lowest BCUT2D eigenvalue weighted by atomic mass is 10.2. The van der Waals surface area contributed by atoms with Gasteiger partial charge in [-0.15, -0.1) is 11.3 Å². The first kappa shape index (κ1) is 15.9. The number of likely N-dealkylation sites (N-methyl/N-ethyl adjacent to an activating group) is 1. The van der Waals surface area contributed by atoms with E-state index in [-0.39, 0.29) is 11.9 Å². The third-order valence-electron chi connectivity index (χ3n) is 3.14. The van der Waals surface area contributed by atoms with E-state index in [0.29, 0.717) is 17.3 Å². The maximum absolute atomic E-state index is 12.2. The zero-order valence-corrected chi connectivity index (χ0v) is 13.8. The van der Waals surface area contributed by atoms with Gasteiger partial charge in [0, 0.05) is 22.7 Å². The van der Waals surface area contributed by atoms with Crippen molar-refractivity contribution in [2.75, 3.05) is 20.6 Å². The number of carbonyl (C=O) groups is 1. The van der Waals surface area contributed by atoms with Gasteiger partial charge in [0.1, 0.15) is 5.15 Å². The molecule has 6 heteroatoms. The fourth-order valence-electron chi connectivity index (χ4n) is 2.07. The molecule has 0 aliphatic heterocycles. The lowest BCUT2D eigenvalue weighted by Crippen LogP contribution is -2.34. The highest BCUT2D eigenvalue weighted by Gasteiger charge is 2.17. The number of amides is 1. The van der Waals surface area contributed by atoms with Crippen LogP contribution in [0.4, 0.5) is 0 Å². The Kier molecular flexibility index (Phi) is 5.33. The standard InChI is InChI=1S/C15H18ClN3OS/c1-10-7-11(8-14(16)18-10)15(20)17-9-12(19(2)3)13-5-4-6-21-13/h4-8,12H,9H2,1-3H3,(H,17,20). The molecule has 0 aromatic carbocycles. The van der Waals surface area contributed by atoms with Gasteiger partial charge >= 0.3 is 0 Å². The molecule has 1 amide bonds. The molecule has 0 fully saturated rings. The third kappa shape index (κ3) is 4.27. The van der Waals surface area contributed by atoms with Crippen molar-refractivity contribution in [3.63, 3.8) is 0 Å². The van der Waals surface area contributed by atoms with Gasteiger partial charge in [-0.3, -0.25) is 4.79 Å². The number of pyridine rings is 1. The third-order valence-corrected chi connectivity index (χ3v) is 4.30. The molecule has 0 spiro atoms. The lowest BCUT2D eigenvalue weighted by molar-refractivity contribution is 0.0942. The molecule has 112 valence electrons. The molecule has 1 N–H and O–H groups in total. The van der Waals surface area contributed by atoms with Crippen LogP contribution in [0.2, 0.25) is 5.15 Å². The van der Waals surface area contributed by atoms with Crippen molar-refractivity contribution in [1.82, 2.24) is 15.2 Å². The summed E-state index contributed by atoms with van der Waals surface area (Å²) in [5, 5.41) is 5.34. The maximum atomic E-state index is 12.2. The molecule has 0 radical (unpaired) electrons. The minimum atomic E-state index is -0.134. The second kappa shape index (κ2) is 7.02. The van der Waals surface area contributed by atoms with Crippen molar-refractivity contribution in [1.29, 1.82) is 0 Å². The van der Waals surface area contributed by atoms with Crippen molar-refractivity contribution in [3.8, 4) is 0 Å². The van der Waals surface area contributed by atoms with E-state index in [1.807, 2.05) is 32.5 Å². The molecule has 2 aromatic rings. The van der Waals surface area contributed by atoms with Gasteiger partial charge < -0.3 is 10.2 Å². The zero-order valence-electron chi connectivity index (χ0n) is 12.3. The van der Waals surface area contributed by atoms with Crippen molar-refractivity contribution in [2.45, 2.75) is 13.0 Å². The number of hydrogen-bond donors (Lipinski definition) is 1. The summed E-state index contributed by atoms with van der Waals surface area (Å²) in [7, 11) is 4.01. The van der Waals surface area contributed by atoms with Crippen LogP contribution in [0.15, 0.2) is 29.6 Å². The van der Waals surface area contributed by atoms with Crippen LogP contribution >= 0.6 is 22.9 Å². The normalized spacial score (nSPS) is 12.4. The van der Waals surface area contributed by atoms with Crippen molar-refractivity contribution >= 4 is 28.8 Å². The first-order chi connectivity index (χ1) is 9.97. The molecule has 0 aliphatic rings.